The fourth-order valence-electron chi connectivity index (χ4n) is 1.99. The topological polar surface area (TPSA) is 77.2 Å². The first-order valence-electron chi connectivity index (χ1n) is 5.85. The Balaban J connectivity index is 2.16. The Kier molecular flexibility index (Phi) is 4.06. The van der Waals surface area contributed by atoms with Crippen LogP contribution in [-0.4, -0.2) is 29.1 Å². The highest BCUT2D eigenvalue weighted by atomic mass is 32.1. The van der Waals surface area contributed by atoms with Gasteiger partial charge in [-0.15, -0.1) is 0 Å². The highest BCUT2D eigenvalue weighted by Crippen LogP contribution is 2.32. The van der Waals surface area contributed by atoms with Gasteiger partial charge in [0.15, 0.2) is 0 Å². The van der Waals surface area contributed by atoms with Gasteiger partial charge in [0.25, 0.3) is 0 Å². The molecule has 0 bridgehead atoms. The van der Waals surface area contributed by atoms with Crippen molar-refractivity contribution in [3.63, 3.8) is 0 Å². The smallest absolute Gasteiger partial charge is 0.238 e. The molecule has 0 aromatic carbocycles. The summed E-state index contributed by atoms with van der Waals surface area (Å²) in [7, 11) is 0. The van der Waals surface area contributed by atoms with E-state index in [4.69, 9.17) is 22.7 Å². The molecule has 1 amide bonds. The van der Waals surface area contributed by atoms with E-state index < -0.39 is 11.2 Å². The minimum absolute atomic E-state index is 0.149. The molecule has 1 aliphatic heterocycles. The monoisotopic (exact) mass is 283 g/mol. The molecule has 0 unspecified atom stereocenters. The van der Waals surface area contributed by atoms with Crippen LogP contribution < -0.4 is 11.1 Å². The van der Waals surface area contributed by atoms with Crippen molar-refractivity contribution in [2.45, 2.75) is 12.8 Å². The Morgan fingerprint density at radius 1 is 1.47 bits per heavy atom. The van der Waals surface area contributed by atoms with E-state index >= 15 is 0 Å². The molecule has 1 aliphatic rings. The second-order valence-corrected chi connectivity index (χ2v) is 4.81. The van der Waals surface area contributed by atoms with Gasteiger partial charge in [0.05, 0.1) is 11.2 Å². The maximum absolute atomic E-state index is 12.7. The van der Waals surface area contributed by atoms with Crippen LogP contribution in [0.1, 0.15) is 12.8 Å². The van der Waals surface area contributed by atoms with Crippen LogP contribution in [0, 0.1) is 11.2 Å². The first-order chi connectivity index (χ1) is 9.04. The second kappa shape index (κ2) is 5.58. The van der Waals surface area contributed by atoms with E-state index in [-0.39, 0.29) is 16.7 Å². The van der Waals surface area contributed by atoms with Crippen molar-refractivity contribution in [2.75, 3.05) is 18.5 Å². The SMILES string of the molecule is NC(=S)C1(C(=O)Nc2ccc(F)cn2)CCOCC1. The second-order valence-electron chi connectivity index (χ2n) is 4.37. The van der Waals surface area contributed by atoms with Crippen LogP contribution in [0.2, 0.25) is 0 Å². The molecular weight excluding hydrogens is 269 g/mol. The Morgan fingerprint density at radius 2 is 2.16 bits per heavy atom. The molecule has 1 aromatic heterocycles. The molecule has 1 aromatic rings. The first kappa shape index (κ1) is 13.8. The number of hydrogen-bond acceptors (Lipinski definition) is 4. The fourth-order valence-corrected chi connectivity index (χ4v) is 2.29. The lowest BCUT2D eigenvalue weighted by Gasteiger charge is -2.34. The zero-order valence-electron chi connectivity index (χ0n) is 10.2. The Labute approximate surface area is 115 Å². The first-order valence-corrected chi connectivity index (χ1v) is 6.26. The quantitative estimate of drug-likeness (QED) is 0.816. The van der Waals surface area contributed by atoms with Crippen molar-refractivity contribution in [3.8, 4) is 0 Å². The van der Waals surface area contributed by atoms with Crippen LogP contribution in [-0.2, 0) is 9.53 Å². The molecule has 5 nitrogen and oxygen atoms in total. The van der Waals surface area contributed by atoms with Gasteiger partial charge < -0.3 is 15.8 Å². The molecule has 1 saturated heterocycles. The largest absolute Gasteiger partial charge is 0.392 e. The number of halogens is 1. The van der Waals surface area contributed by atoms with Gasteiger partial charge in [-0.2, -0.15) is 0 Å². The van der Waals surface area contributed by atoms with E-state index in [9.17, 15) is 9.18 Å². The number of anilines is 1. The molecule has 7 heteroatoms. The summed E-state index contributed by atoms with van der Waals surface area (Å²) in [4.78, 5) is 16.3. The van der Waals surface area contributed by atoms with E-state index in [1.807, 2.05) is 0 Å². The molecule has 19 heavy (non-hydrogen) atoms. The van der Waals surface area contributed by atoms with Gasteiger partial charge in [-0.25, -0.2) is 9.37 Å². The summed E-state index contributed by atoms with van der Waals surface area (Å²) in [5.74, 6) is -0.510. The van der Waals surface area contributed by atoms with Crippen molar-refractivity contribution in [2.24, 2.45) is 11.1 Å². The summed E-state index contributed by atoms with van der Waals surface area (Å²) in [6.45, 7) is 0.864. The molecule has 0 spiro atoms. The number of carbonyl (C=O) groups excluding carboxylic acids is 1. The third kappa shape index (κ3) is 2.87. The number of rotatable bonds is 3. The van der Waals surface area contributed by atoms with Crippen LogP contribution in [0.5, 0.6) is 0 Å². The Hall–Kier alpha value is -1.60. The number of aromatic nitrogens is 1. The molecule has 0 radical (unpaired) electrons. The number of thiocarbonyl (C=S) groups is 1. The van der Waals surface area contributed by atoms with E-state index in [2.05, 4.69) is 10.3 Å². The lowest BCUT2D eigenvalue weighted by molar-refractivity contribution is -0.126. The standard InChI is InChI=1S/C12H14FN3O2S/c13-8-1-2-9(15-7-8)16-11(17)12(10(14)19)3-5-18-6-4-12/h1-2,7H,3-6H2,(H2,14,19)(H,15,16,17). The number of hydrogen-bond donors (Lipinski definition) is 2. The van der Waals surface area contributed by atoms with Crippen LogP contribution in [0.4, 0.5) is 10.2 Å². The summed E-state index contributed by atoms with van der Waals surface area (Å²) in [5.41, 5.74) is 4.80. The fraction of sp³-hybridized carbons (Fsp3) is 0.417. The molecule has 0 atom stereocenters. The lowest BCUT2D eigenvalue weighted by atomic mass is 9.79. The Morgan fingerprint density at radius 3 is 2.68 bits per heavy atom. The van der Waals surface area contributed by atoms with Crippen molar-refractivity contribution in [3.05, 3.63) is 24.1 Å². The minimum Gasteiger partial charge on any atom is -0.392 e. The zero-order chi connectivity index (χ0) is 13.9. The van der Waals surface area contributed by atoms with Crippen molar-refractivity contribution in [1.82, 2.24) is 4.98 Å². The molecule has 0 aliphatic carbocycles. The average Bonchev–Trinajstić information content (AvgIpc) is 2.42. The van der Waals surface area contributed by atoms with Crippen LogP contribution in [0.15, 0.2) is 18.3 Å². The van der Waals surface area contributed by atoms with Crippen molar-refractivity contribution in [1.29, 1.82) is 0 Å². The third-order valence-electron chi connectivity index (χ3n) is 3.22. The number of nitrogens with one attached hydrogen (secondary N) is 1. The highest BCUT2D eigenvalue weighted by molar-refractivity contribution is 7.80. The number of nitrogens with zero attached hydrogens (tertiary/aromatic N) is 1. The maximum atomic E-state index is 12.7. The minimum atomic E-state index is -0.913. The molecular formula is C12H14FN3O2S. The van der Waals surface area contributed by atoms with Crippen molar-refractivity contribution >= 4 is 28.9 Å². The molecule has 1 fully saturated rings. The van der Waals surface area contributed by atoms with Crippen LogP contribution in [0.25, 0.3) is 0 Å². The number of ether oxygens (including phenoxy) is 1. The Bertz CT molecular complexity index is 486. The predicted molar refractivity (Wildman–Crippen MR) is 72.1 cm³/mol. The molecule has 2 rings (SSSR count). The summed E-state index contributed by atoms with van der Waals surface area (Å²) in [6, 6.07) is 2.61. The van der Waals surface area contributed by atoms with Gasteiger partial charge in [-0.05, 0) is 25.0 Å². The van der Waals surface area contributed by atoms with Crippen LogP contribution in [0.3, 0.4) is 0 Å². The number of carbonyl (C=O) groups is 1. The summed E-state index contributed by atoms with van der Waals surface area (Å²) in [6.07, 6.45) is 1.91. The molecule has 0 saturated carbocycles. The average molecular weight is 283 g/mol. The molecule has 3 N–H and O–H groups in total. The van der Waals surface area contributed by atoms with Gasteiger partial charge >= 0.3 is 0 Å². The number of pyridine rings is 1. The predicted octanol–water partition coefficient (Wildman–Crippen LogP) is 1.24. The molecule has 2 heterocycles. The van der Waals surface area contributed by atoms with Gasteiger partial charge in [0.2, 0.25) is 5.91 Å². The summed E-state index contributed by atoms with van der Waals surface area (Å²) >= 11 is 5.02. The van der Waals surface area contributed by atoms with E-state index in [1.54, 1.807) is 0 Å². The third-order valence-corrected chi connectivity index (χ3v) is 3.61. The lowest BCUT2D eigenvalue weighted by Crippen LogP contribution is -2.49. The summed E-state index contributed by atoms with van der Waals surface area (Å²) < 4.78 is 18.0. The van der Waals surface area contributed by atoms with Gasteiger partial charge in [-0.3, -0.25) is 4.79 Å². The maximum Gasteiger partial charge on any atom is 0.238 e. The normalized spacial score (nSPS) is 17.7. The number of nitrogens with two attached hydrogens (primary N) is 1. The number of amides is 1. The van der Waals surface area contributed by atoms with Gasteiger partial charge in [0, 0.05) is 13.2 Å². The van der Waals surface area contributed by atoms with Gasteiger partial charge in [-0.1, -0.05) is 12.2 Å². The molecule has 102 valence electrons. The zero-order valence-corrected chi connectivity index (χ0v) is 11.0. The van der Waals surface area contributed by atoms with Crippen LogP contribution >= 0.6 is 12.2 Å². The van der Waals surface area contributed by atoms with E-state index in [0.717, 1.165) is 6.20 Å². The van der Waals surface area contributed by atoms with E-state index in [0.29, 0.717) is 26.1 Å². The summed E-state index contributed by atoms with van der Waals surface area (Å²) in [5, 5.41) is 2.62. The van der Waals surface area contributed by atoms with E-state index in [1.165, 1.54) is 12.1 Å². The van der Waals surface area contributed by atoms with Crippen molar-refractivity contribution < 1.29 is 13.9 Å². The highest BCUT2D eigenvalue weighted by Gasteiger charge is 2.43. The van der Waals surface area contributed by atoms with Gasteiger partial charge in [0.1, 0.15) is 17.1 Å².